The van der Waals surface area contributed by atoms with E-state index in [1.54, 1.807) is 23.2 Å². The second-order valence-electron chi connectivity index (χ2n) is 7.96. The summed E-state index contributed by atoms with van der Waals surface area (Å²) in [4.78, 5) is 20.4. The van der Waals surface area contributed by atoms with Gasteiger partial charge in [-0.25, -0.2) is 9.78 Å². The van der Waals surface area contributed by atoms with E-state index in [4.69, 9.17) is 9.47 Å². The fourth-order valence-electron chi connectivity index (χ4n) is 3.05. The summed E-state index contributed by atoms with van der Waals surface area (Å²) in [6, 6.07) is 13.2. The van der Waals surface area contributed by atoms with Crippen LogP contribution in [0.15, 0.2) is 42.6 Å². The molecule has 0 spiro atoms. The van der Waals surface area contributed by atoms with Crippen LogP contribution >= 0.6 is 0 Å². The second kappa shape index (κ2) is 8.93. The van der Waals surface area contributed by atoms with Crippen molar-refractivity contribution in [1.82, 2.24) is 14.8 Å². The fraction of sp³-hybridized carbons (Fsp3) is 0.409. The average Bonchev–Trinajstić information content (AvgIpc) is 2.68. The number of pyridine rings is 1. The summed E-state index contributed by atoms with van der Waals surface area (Å²) in [6.45, 7) is 9.23. The van der Waals surface area contributed by atoms with Crippen molar-refractivity contribution >= 4 is 6.09 Å². The number of carbonyl (C=O) groups is 1. The third-order valence-corrected chi connectivity index (χ3v) is 4.43. The van der Waals surface area contributed by atoms with E-state index in [9.17, 15) is 10.1 Å². The lowest BCUT2D eigenvalue weighted by molar-refractivity contribution is 0.0139. The van der Waals surface area contributed by atoms with Crippen molar-refractivity contribution in [2.24, 2.45) is 0 Å². The maximum Gasteiger partial charge on any atom is 0.410 e. The number of hydrogen-bond acceptors (Lipinski definition) is 6. The van der Waals surface area contributed by atoms with Crippen molar-refractivity contribution < 1.29 is 14.3 Å². The Morgan fingerprint density at radius 1 is 1.17 bits per heavy atom. The van der Waals surface area contributed by atoms with Crippen LogP contribution in [0.25, 0.3) is 0 Å². The van der Waals surface area contributed by atoms with E-state index in [-0.39, 0.29) is 6.09 Å². The first-order chi connectivity index (χ1) is 13.8. The van der Waals surface area contributed by atoms with Gasteiger partial charge >= 0.3 is 6.09 Å². The monoisotopic (exact) mass is 394 g/mol. The van der Waals surface area contributed by atoms with Gasteiger partial charge in [0.1, 0.15) is 23.0 Å². The maximum absolute atomic E-state index is 12.2. The molecule has 2 aromatic rings. The lowest BCUT2D eigenvalue weighted by Crippen LogP contribution is -2.49. The van der Waals surface area contributed by atoms with Gasteiger partial charge in [-0.1, -0.05) is 12.1 Å². The van der Waals surface area contributed by atoms with Gasteiger partial charge in [-0.05, 0) is 50.6 Å². The van der Waals surface area contributed by atoms with Gasteiger partial charge in [0.25, 0.3) is 0 Å². The topological polar surface area (TPSA) is 78.7 Å². The second-order valence-corrected chi connectivity index (χ2v) is 7.96. The predicted molar refractivity (Wildman–Crippen MR) is 109 cm³/mol. The number of aromatic nitrogens is 1. The normalized spacial score (nSPS) is 14.9. The molecule has 0 bridgehead atoms. The van der Waals surface area contributed by atoms with Crippen LogP contribution < -0.4 is 4.74 Å². The van der Waals surface area contributed by atoms with Crippen molar-refractivity contribution in [2.75, 3.05) is 26.2 Å². The molecule has 0 aliphatic carbocycles. The molecule has 0 saturated carbocycles. The number of nitrogens with zero attached hydrogens (tertiary/aromatic N) is 4. The van der Waals surface area contributed by atoms with E-state index in [2.05, 4.69) is 16.0 Å². The SMILES string of the molecule is CC(C)(C)OC(=O)N1CCN(Cc2cccc(Oc3ncccc3C#N)c2)CC1. The average molecular weight is 394 g/mol. The van der Waals surface area contributed by atoms with Gasteiger partial charge in [0.15, 0.2) is 0 Å². The number of carbonyl (C=O) groups excluding carboxylic acids is 1. The molecule has 0 unspecified atom stereocenters. The number of benzene rings is 1. The van der Waals surface area contributed by atoms with Crippen molar-refractivity contribution in [3.8, 4) is 17.7 Å². The zero-order valence-electron chi connectivity index (χ0n) is 17.1. The standard InChI is InChI=1S/C22H26N4O3/c1-22(2,3)29-21(27)26-12-10-25(11-13-26)16-17-6-4-8-19(14-17)28-20-18(15-23)7-5-9-24-20/h4-9,14H,10-13,16H2,1-3H3. The van der Waals surface area contributed by atoms with E-state index in [1.807, 2.05) is 45.0 Å². The molecule has 1 fully saturated rings. The minimum atomic E-state index is -0.478. The number of piperazine rings is 1. The Labute approximate surface area is 171 Å². The molecule has 1 saturated heterocycles. The van der Waals surface area contributed by atoms with E-state index < -0.39 is 5.60 Å². The third-order valence-electron chi connectivity index (χ3n) is 4.43. The quantitative estimate of drug-likeness (QED) is 0.785. The Balaban J connectivity index is 1.56. The van der Waals surface area contributed by atoms with Crippen molar-refractivity contribution in [3.05, 3.63) is 53.7 Å². The number of rotatable bonds is 4. The molecule has 0 N–H and O–H groups in total. The predicted octanol–water partition coefficient (Wildman–Crippen LogP) is 3.80. The molecular formula is C22H26N4O3. The summed E-state index contributed by atoms with van der Waals surface area (Å²) in [5.41, 5.74) is 1.02. The first-order valence-electron chi connectivity index (χ1n) is 9.66. The highest BCUT2D eigenvalue weighted by atomic mass is 16.6. The molecule has 1 amide bonds. The van der Waals surface area contributed by atoms with Crippen molar-refractivity contribution in [1.29, 1.82) is 5.26 Å². The smallest absolute Gasteiger partial charge is 0.410 e. The van der Waals surface area contributed by atoms with Crippen LogP contribution in [0.4, 0.5) is 4.79 Å². The Hall–Kier alpha value is -3.11. The number of ether oxygens (including phenoxy) is 2. The first-order valence-corrected chi connectivity index (χ1v) is 9.66. The number of hydrogen-bond donors (Lipinski definition) is 0. The van der Waals surface area contributed by atoms with E-state index in [0.29, 0.717) is 30.3 Å². The van der Waals surface area contributed by atoms with Gasteiger partial charge in [0, 0.05) is 38.9 Å². The van der Waals surface area contributed by atoms with E-state index in [0.717, 1.165) is 25.2 Å². The Morgan fingerprint density at radius 2 is 1.93 bits per heavy atom. The Bertz CT molecular complexity index is 893. The van der Waals surface area contributed by atoms with Crippen molar-refractivity contribution in [3.63, 3.8) is 0 Å². The van der Waals surface area contributed by atoms with Crippen LogP contribution in [0, 0.1) is 11.3 Å². The highest BCUT2D eigenvalue weighted by Gasteiger charge is 2.25. The van der Waals surface area contributed by atoms with Crippen LogP contribution in [0.1, 0.15) is 31.9 Å². The minimum absolute atomic E-state index is 0.254. The van der Waals surface area contributed by atoms with Crippen LogP contribution in [0.5, 0.6) is 11.6 Å². The molecule has 0 atom stereocenters. The van der Waals surface area contributed by atoms with Crippen LogP contribution in [0.2, 0.25) is 0 Å². The van der Waals surface area contributed by atoms with E-state index >= 15 is 0 Å². The molecule has 0 radical (unpaired) electrons. The lowest BCUT2D eigenvalue weighted by atomic mass is 10.2. The highest BCUT2D eigenvalue weighted by Crippen LogP contribution is 2.24. The summed E-state index contributed by atoms with van der Waals surface area (Å²) >= 11 is 0. The van der Waals surface area contributed by atoms with Gasteiger partial charge in [-0.15, -0.1) is 0 Å². The zero-order valence-corrected chi connectivity index (χ0v) is 17.1. The summed E-state index contributed by atoms with van der Waals surface area (Å²) in [5.74, 6) is 0.947. The largest absolute Gasteiger partial charge is 0.444 e. The van der Waals surface area contributed by atoms with Crippen molar-refractivity contribution in [2.45, 2.75) is 32.9 Å². The molecule has 3 rings (SSSR count). The molecule has 1 aliphatic heterocycles. The third kappa shape index (κ3) is 5.93. The molecular weight excluding hydrogens is 368 g/mol. The summed E-state index contributed by atoms with van der Waals surface area (Å²) < 4.78 is 11.2. The molecule has 1 aromatic heterocycles. The van der Waals surface area contributed by atoms with Gasteiger partial charge in [-0.2, -0.15) is 5.26 Å². The molecule has 2 heterocycles. The number of nitriles is 1. The first kappa shape index (κ1) is 20.6. The molecule has 1 aromatic carbocycles. The summed E-state index contributed by atoms with van der Waals surface area (Å²) in [6.07, 6.45) is 1.35. The highest BCUT2D eigenvalue weighted by molar-refractivity contribution is 5.68. The minimum Gasteiger partial charge on any atom is -0.444 e. The summed E-state index contributed by atoms with van der Waals surface area (Å²) in [7, 11) is 0. The van der Waals surface area contributed by atoms with Gasteiger partial charge in [0.05, 0.1) is 0 Å². The van der Waals surface area contributed by atoms with Gasteiger partial charge in [0.2, 0.25) is 5.88 Å². The molecule has 7 nitrogen and oxygen atoms in total. The van der Waals surface area contributed by atoms with Gasteiger partial charge in [-0.3, -0.25) is 4.90 Å². The molecule has 1 aliphatic rings. The Morgan fingerprint density at radius 3 is 2.62 bits per heavy atom. The Kier molecular flexibility index (Phi) is 6.35. The fourth-order valence-corrected chi connectivity index (χ4v) is 3.05. The molecule has 152 valence electrons. The molecule has 29 heavy (non-hydrogen) atoms. The summed E-state index contributed by atoms with van der Waals surface area (Å²) in [5, 5.41) is 9.18. The van der Waals surface area contributed by atoms with Crippen LogP contribution in [-0.4, -0.2) is 52.7 Å². The number of amides is 1. The van der Waals surface area contributed by atoms with Crippen LogP contribution in [-0.2, 0) is 11.3 Å². The maximum atomic E-state index is 12.2. The molecule has 7 heteroatoms. The van der Waals surface area contributed by atoms with Crippen LogP contribution in [0.3, 0.4) is 0 Å². The lowest BCUT2D eigenvalue weighted by Gasteiger charge is -2.35. The van der Waals surface area contributed by atoms with Gasteiger partial charge < -0.3 is 14.4 Å². The van der Waals surface area contributed by atoms with E-state index in [1.165, 1.54) is 0 Å². The zero-order chi connectivity index (χ0) is 20.9.